The van der Waals surface area contributed by atoms with Crippen LogP contribution in [0.1, 0.15) is 116 Å². The third-order valence-corrected chi connectivity index (χ3v) is 10.0. The lowest BCUT2D eigenvalue weighted by molar-refractivity contribution is -0.0831. The number of nitrogens with zero attached hydrogens (tertiary/aromatic N) is 1. The number of amides is 1. The Bertz CT molecular complexity index is 1110. The number of carboxylic acids is 1. The number of imidazole rings is 1. The van der Waals surface area contributed by atoms with Gasteiger partial charge < -0.3 is 15.4 Å². The molecule has 4 bridgehead atoms. The molecule has 6 nitrogen and oxygen atoms in total. The van der Waals surface area contributed by atoms with Gasteiger partial charge in [0.2, 0.25) is 0 Å². The first-order valence-electron chi connectivity index (χ1n) is 14.1. The van der Waals surface area contributed by atoms with Crippen molar-refractivity contribution in [1.29, 1.82) is 0 Å². The molecule has 2 aromatic rings. The third-order valence-electron chi connectivity index (χ3n) is 10.0. The Balaban J connectivity index is 1.27. The van der Waals surface area contributed by atoms with Gasteiger partial charge in [0.15, 0.2) is 0 Å². The summed E-state index contributed by atoms with van der Waals surface area (Å²) in [6.45, 7) is 2.41. The van der Waals surface area contributed by atoms with Gasteiger partial charge in [0.05, 0.1) is 5.56 Å². The lowest BCUT2D eigenvalue weighted by atomic mass is 9.46. The minimum absolute atomic E-state index is 0.161. The van der Waals surface area contributed by atoms with Crippen LogP contribution in [0.2, 0.25) is 0 Å². The van der Waals surface area contributed by atoms with E-state index < -0.39 is 5.97 Å². The number of benzene rings is 1. The van der Waals surface area contributed by atoms with Gasteiger partial charge in [-0.2, -0.15) is 0 Å². The minimum Gasteiger partial charge on any atom is -0.478 e. The van der Waals surface area contributed by atoms with Crippen molar-refractivity contribution < 1.29 is 14.7 Å². The van der Waals surface area contributed by atoms with E-state index in [1.165, 1.54) is 69.9 Å². The van der Waals surface area contributed by atoms with E-state index in [9.17, 15) is 14.7 Å². The Hall–Kier alpha value is -2.63. The van der Waals surface area contributed by atoms with Crippen LogP contribution in [-0.4, -0.2) is 27.0 Å². The number of hydrogen-bond donors (Lipinski definition) is 3. The summed E-state index contributed by atoms with van der Waals surface area (Å²) in [5.74, 6) is 3.33. The monoisotopic (exact) mass is 489 g/mol. The van der Waals surface area contributed by atoms with Gasteiger partial charge in [0, 0.05) is 17.3 Å². The van der Waals surface area contributed by atoms with E-state index in [0.29, 0.717) is 28.6 Å². The van der Waals surface area contributed by atoms with Crippen LogP contribution in [-0.2, 0) is 6.42 Å². The number of carboxylic acid groups (broad SMARTS) is 1. The minimum atomic E-state index is -1.00. The first-order valence-corrected chi connectivity index (χ1v) is 14.1. The van der Waals surface area contributed by atoms with Crippen molar-refractivity contribution >= 4 is 17.6 Å². The average Bonchev–Trinajstić information content (AvgIpc) is 3.28. The van der Waals surface area contributed by atoms with E-state index in [4.69, 9.17) is 4.98 Å². The van der Waals surface area contributed by atoms with Crippen LogP contribution in [0.4, 0.5) is 5.69 Å². The first kappa shape index (κ1) is 23.7. The summed E-state index contributed by atoms with van der Waals surface area (Å²) < 4.78 is 0. The number of hydrogen-bond acceptors (Lipinski definition) is 3. The van der Waals surface area contributed by atoms with Crippen molar-refractivity contribution in [3.05, 3.63) is 47.0 Å². The number of aromatic nitrogens is 2. The van der Waals surface area contributed by atoms with Gasteiger partial charge in [0.1, 0.15) is 11.5 Å². The van der Waals surface area contributed by atoms with Crippen molar-refractivity contribution in [2.45, 2.75) is 89.9 Å². The lowest BCUT2D eigenvalue weighted by Crippen LogP contribution is -2.49. The second-order valence-corrected chi connectivity index (χ2v) is 12.5. The van der Waals surface area contributed by atoms with Gasteiger partial charge in [-0.1, -0.05) is 32.3 Å². The second-order valence-electron chi connectivity index (χ2n) is 12.5. The quantitative estimate of drug-likeness (QED) is 0.398. The molecule has 7 rings (SSSR count). The molecule has 0 radical (unpaired) electrons. The standard InChI is InChI=1S/C30H39N3O3/c1-18(30-15-19-11-20(16-30)13-21(12-19)17-30)10-25-26(33-27(32-25)22-6-3-2-4-7-22)28(34)31-24-9-5-8-23(14-24)29(35)36/h5,8-9,14,18-22H,2-4,6-7,10-13,15-17H2,1H3,(H,31,34)(H,32,33)(H,35,36). The number of nitrogens with one attached hydrogen (secondary N) is 2. The Labute approximate surface area is 213 Å². The molecule has 1 aromatic heterocycles. The van der Waals surface area contributed by atoms with E-state index in [1.807, 2.05) is 0 Å². The van der Waals surface area contributed by atoms with Crippen molar-refractivity contribution in [2.75, 3.05) is 5.32 Å². The summed E-state index contributed by atoms with van der Waals surface area (Å²) in [4.78, 5) is 33.4. The number of carbonyl (C=O) groups is 2. The number of anilines is 1. The lowest BCUT2D eigenvalue weighted by Gasteiger charge is -2.59. The van der Waals surface area contributed by atoms with E-state index in [2.05, 4.69) is 17.2 Å². The van der Waals surface area contributed by atoms with E-state index in [0.717, 1.165) is 48.5 Å². The molecule has 1 aromatic carbocycles. The molecule has 1 amide bonds. The third kappa shape index (κ3) is 4.48. The van der Waals surface area contributed by atoms with E-state index in [1.54, 1.807) is 12.1 Å². The molecule has 5 aliphatic carbocycles. The predicted molar refractivity (Wildman–Crippen MR) is 139 cm³/mol. The van der Waals surface area contributed by atoms with Crippen molar-refractivity contribution in [2.24, 2.45) is 29.1 Å². The largest absolute Gasteiger partial charge is 0.478 e. The zero-order chi connectivity index (χ0) is 24.9. The molecule has 0 saturated heterocycles. The number of rotatable bonds is 7. The van der Waals surface area contributed by atoms with E-state index in [-0.39, 0.29) is 11.5 Å². The van der Waals surface area contributed by atoms with Crippen LogP contribution in [0.5, 0.6) is 0 Å². The molecular weight excluding hydrogens is 450 g/mol. The molecule has 3 N–H and O–H groups in total. The number of H-pyrrole nitrogens is 1. The summed E-state index contributed by atoms with van der Waals surface area (Å²) in [5, 5.41) is 12.3. The molecular formula is C30H39N3O3. The van der Waals surface area contributed by atoms with Crippen LogP contribution in [0, 0.1) is 29.1 Å². The summed E-state index contributed by atoms with van der Waals surface area (Å²) in [6, 6.07) is 6.43. The van der Waals surface area contributed by atoms with Crippen LogP contribution >= 0.6 is 0 Å². The highest BCUT2D eigenvalue weighted by Crippen LogP contribution is 2.63. The highest BCUT2D eigenvalue weighted by molar-refractivity contribution is 6.04. The molecule has 36 heavy (non-hydrogen) atoms. The number of carbonyl (C=O) groups excluding carboxylic acids is 1. The Morgan fingerprint density at radius 2 is 1.75 bits per heavy atom. The molecule has 5 fully saturated rings. The Kier molecular flexibility index (Phi) is 6.17. The van der Waals surface area contributed by atoms with Gasteiger partial charge >= 0.3 is 5.97 Å². The summed E-state index contributed by atoms with van der Waals surface area (Å²) >= 11 is 0. The zero-order valence-electron chi connectivity index (χ0n) is 21.4. The number of aromatic amines is 1. The first-order chi connectivity index (χ1) is 17.4. The molecule has 5 aliphatic rings. The molecule has 0 spiro atoms. The molecule has 1 unspecified atom stereocenters. The smallest absolute Gasteiger partial charge is 0.335 e. The highest BCUT2D eigenvalue weighted by atomic mass is 16.4. The summed E-state index contributed by atoms with van der Waals surface area (Å²) in [7, 11) is 0. The molecule has 5 saturated carbocycles. The van der Waals surface area contributed by atoms with Gasteiger partial charge in [-0.3, -0.25) is 4.79 Å². The van der Waals surface area contributed by atoms with Crippen LogP contribution in [0.3, 0.4) is 0 Å². The van der Waals surface area contributed by atoms with Gasteiger partial charge in [-0.15, -0.1) is 0 Å². The molecule has 1 heterocycles. The fraction of sp³-hybridized carbons (Fsp3) is 0.633. The molecule has 192 valence electrons. The fourth-order valence-corrected chi connectivity index (χ4v) is 8.56. The molecule has 6 heteroatoms. The van der Waals surface area contributed by atoms with Gasteiger partial charge in [-0.25, -0.2) is 9.78 Å². The molecule has 1 atom stereocenters. The van der Waals surface area contributed by atoms with Gasteiger partial charge in [0.25, 0.3) is 5.91 Å². The highest BCUT2D eigenvalue weighted by Gasteiger charge is 2.53. The Morgan fingerprint density at radius 3 is 2.39 bits per heavy atom. The maximum atomic E-state index is 13.5. The van der Waals surface area contributed by atoms with Crippen LogP contribution < -0.4 is 5.32 Å². The SMILES string of the molecule is CC(Cc1[nH]c(C2CCCCC2)nc1C(=O)Nc1cccc(C(=O)O)c1)C12CC3CC(CC(C3)C1)C2. The fourth-order valence-electron chi connectivity index (χ4n) is 8.56. The van der Waals surface area contributed by atoms with Crippen LogP contribution in [0.15, 0.2) is 24.3 Å². The normalized spacial score (nSPS) is 30.3. The Morgan fingerprint density at radius 1 is 1.08 bits per heavy atom. The molecule has 0 aliphatic heterocycles. The predicted octanol–water partition coefficient (Wildman–Crippen LogP) is 6.80. The maximum absolute atomic E-state index is 13.5. The second kappa shape index (κ2) is 9.35. The topological polar surface area (TPSA) is 95.1 Å². The summed E-state index contributed by atoms with van der Waals surface area (Å²) in [6.07, 6.45) is 15.2. The number of aromatic carboxylic acids is 1. The van der Waals surface area contributed by atoms with Crippen molar-refractivity contribution in [1.82, 2.24) is 9.97 Å². The van der Waals surface area contributed by atoms with E-state index >= 15 is 0 Å². The maximum Gasteiger partial charge on any atom is 0.335 e. The van der Waals surface area contributed by atoms with Crippen LogP contribution in [0.25, 0.3) is 0 Å². The average molecular weight is 490 g/mol. The van der Waals surface area contributed by atoms with Gasteiger partial charge in [-0.05, 0) is 105 Å². The zero-order valence-corrected chi connectivity index (χ0v) is 21.4. The van der Waals surface area contributed by atoms with Crippen molar-refractivity contribution in [3.63, 3.8) is 0 Å². The summed E-state index contributed by atoms with van der Waals surface area (Å²) in [5.41, 5.74) is 2.52. The van der Waals surface area contributed by atoms with Crippen molar-refractivity contribution in [3.8, 4) is 0 Å².